The number of aromatic amines is 1. The van der Waals surface area contributed by atoms with Crippen LogP contribution in [0.15, 0.2) is 29.8 Å². The largest absolute Gasteiger partial charge is 0.342 e. The maximum atomic E-state index is 4.89. The number of fused-ring (bicyclic) bond motifs is 1. The van der Waals surface area contributed by atoms with Crippen LogP contribution in [-0.2, 0) is 6.42 Å². The monoisotopic (exact) mass is 353 g/mol. The van der Waals surface area contributed by atoms with Crippen molar-refractivity contribution in [2.45, 2.75) is 60.4 Å². The number of nitrogens with one attached hydrogen (secondary N) is 2. The maximum Gasteiger partial charge on any atom is 0.107 e. The second kappa shape index (κ2) is 7.96. The van der Waals surface area contributed by atoms with E-state index < -0.39 is 0 Å². The minimum atomic E-state index is 0.549. The number of rotatable bonds is 6. The van der Waals surface area contributed by atoms with Crippen LogP contribution in [0.4, 0.5) is 0 Å². The molecule has 1 aromatic heterocycles. The van der Waals surface area contributed by atoms with Crippen LogP contribution in [0.3, 0.4) is 0 Å². The molecule has 2 N–H and O–H groups in total. The normalized spacial score (nSPS) is 23.8. The summed E-state index contributed by atoms with van der Waals surface area (Å²) in [6, 6.07) is 6.92. The molecule has 0 aliphatic heterocycles. The Bertz CT molecular complexity index is 769. The number of imidazole rings is 1. The molecule has 3 atom stereocenters. The molecule has 2 aromatic rings. The molecule has 3 nitrogen and oxygen atoms in total. The SMILES string of the molecule is CC1=CC(CNC(C)C)C(C(C)C)CC1Cc1nc2c(C)cccc2[nH]1. The summed E-state index contributed by atoms with van der Waals surface area (Å²) in [5.74, 6) is 3.82. The minimum absolute atomic E-state index is 0.549. The van der Waals surface area contributed by atoms with Gasteiger partial charge in [0.1, 0.15) is 5.82 Å². The first-order chi connectivity index (χ1) is 12.3. The van der Waals surface area contributed by atoms with Crippen molar-refractivity contribution >= 4 is 11.0 Å². The van der Waals surface area contributed by atoms with Gasteiger partial charge < -0.3 is 10.3 Å². The van der Waals surface area contributed by atoms with E-state index in [1.807, 2.05) is 0 Å². The molecule has 1 aliphatic carbocycles. The van der Waals surface area contributed by atoms with Gasteiger partial charge in [-0.15, -0.1) is 0 Å². The predicted octanol–water partition coefficient (Wildman–Crippen LogP) is 5.27. The molecule has 142 valence electrons. The Kier molecular flexibility index (Phi) is 5.86. The molecule has 3 rings (SSSR count). The Hall–Kier alpha value is -1.61. The molecule has 0 saturated heterocycles. The molecule has 1 heterocycles. The van der Waals surface area contributed by atoms with E-state index in [1.54, 1.807) is 0 Å². The molecule has 26 heavy (non-hydrogen) atoms. The van der Waals surface area contributed by atoms with Crippen LogP contribution in [0.25, 0.3) is 11.0 Å². The van der Waals surface area contributed by atoms with Gasteiger partial charge in [-0.2, -0.15) is 0 Å². The summed E-state index contributed by atoms with van der Waals surface area (Å²) in [5, 5.41) is 3.65. The predicted molar refractivity (Wildman–Crippen MR) is 111 cm³/mol. The fraction of sp³-hybridized carbons (Fsp3) is 0.609. The second-order valence-electron chi connectivity index (χ2n) is 8.84. The highest BCUT2D eigenvalue weighted by molar-refractivity contribution is 5.78. The van der Waals surface area contributed by atoms with Crippen molar-refractivity contribution in [2.75, 3.05) is 6.54 Å². The van der Waals surface area contributed by atoms with Gasteiger partial charge in [0, 0.05) is 19.0 Å². The third-order valence-corrected chi connectivity index (χ3v) is 6.05. The summed E-state index contributed by atoms with van der Waals surface area (Å²) in [4.78, 5) is 8.44. The Balaban J connectivity index is 1.78. The van der Waals surface area contributed by atoms with Gasteiger partial charge in [0.25, 0.3) is 0 Å². The fourth-order valence-corrected chi connectivity index (χ4v) is 4.44. The number of para-hydroxylation sites is 1. The molecular weight excluding hydrogens is 318 g/mol. The van der Waals surface area contributed by atoms with Crippen molar-refractivity contribution in [1.29, 1.82) is 0 Å². The molecule has 1 aliphatic rings. The zero-order valence-corrected chi connectivity index (χ0v) is 17.3. The molecule has 0 saturated carbocycles. The summed E-state index contributed by atoms with van der Waals surface area (Å²) in [7, 11) is 0. The number of allylic oxidation sites excluding steroid dienone is 1. The first-order valence-electron chi connectivity index (χ1n) is 10.2. The quantitative estimate of drug-likeness (QED) is 0.695. The summed E-state index contributed by atoms with van der Waals surface area (Å²) in [6.07, 6.45) is 4.83. The number of hydrogen-bond donors (Lipinski definition) is 2. The van der Waals surface area contributed by atoms with Gasteiger partial charge in [0.05, 0.1) is 11.0 Å². The van der Waals surface area contributed by atoms with Crippen LogP contribution in [0.1, 0.15) is 52.4 Å². The lowest BCUT2D eigenvalue weighted by atomic mass is 9.69. The lowest BCUT2D eigenvalue weighted by Gasteiger charge is -2.37. The maximum absolute atomic E-state index is 4.89. The highest BCUT2D eigenvalue weighted by atomic mass is 14.9. The van der Waals surface area contributed by atoms with E-state index in [9.17, 15) is 0 Å². The summed E-state index contributed by atoms with van der Waals surface area (Å²) in [5.41, 5.74) is 5.08. The Morgan fingerprint density at radius 2 is 1.96 bits per heavy atom. The van der Waals surface area contributed by atoms with E-state index in [2.05, 4.69) is 76.1 Å². The summed E-state index contributed by atoms with van der Waals surface area (Å²) >= 11 is 0. The Morgan fingerprint density at radius 1 is 1.19 bits per heavy atom. The highest BCUT2D eigenvalue weighted by Crippen LogP contribution is 2.38. The molecule has 0 radical (unpaired) electrons. The van der Waals surface area contributed by atoms with E-state index in [-0.39, 0.29) is 0 Å². The van der Waals surface area contributed by atoms with Crippen LogP contribution in [0, 0.1) is 30.6 Å². The summed E-state index contributed by atoms with van der Waals surface area (Å²) in [6.45, 7) is 14.8. The van der Waals surface area contributed by atoms with Gasteiger partial charge in [0.15, 0.2) is 0 Å². The number of aromatic nitrogens is 2. The van der Waals surface area contributed by atoms with Gasteiger partial charge in [0.2, 0.25) is 0 Å². The average molecular weight is 354 g/mol. The van der Waals surface area contributed by atoms with Gasteiger partial charge in [-0.1, -0.05) is 51.5 Å². The van der Waals surface area contributed by atoms with Gasteiger partial charge in [-0.25, -0.2) is 4.98 Å². The lowest BCUT2D eigenvalue weighted by molar-refractivity contribution is 0.219. The van der Waals surface area contributed by atoms with Crippen LogP contribution >= 0.6 is 0 Å². The molecule has 3 heteroatoms. The topological polar surface area (TPSA) is 40.7 Å². The molecule has 0 bridgehead atoms. The van der Waals surface area contributed by atoms with Crippen molar-refractivity contribution in [3.05, 3.63) is 41.2 Å². The summed E-state index contributed by atoms with van der Waals surface area (Å²) < 4.78 is 0. The van der Waals surface area contributed by atoms with Crippen molar-refractivity contribution in [1.82, 2.24) is 15.3 Å². The number of H-pyrrole nitrogens is 1. The van der Waals surface area contributed by atoms with Crippen LogP contribution in [-0.4, -0.2) is 22.6 Å². The number of aryl methyl sites for hydroxylation is 1. The van der Waals surface area contributed by atoms with E-state index in [0.717, 1.165) is 35.7 Å². The minimum Gasteiger partial charge on any atom is -0.342 e. The first kappa shape index (κ1) is 19.2. The van der Waals surface area contributed by atoms with Crippen LogP contribution in [0.2, 0.25) is 0 Å². The molecule has 0 amide bonds. The second-order valence-corrected chi connectivity index (χ2v) is 8.84. The Morgan fingerprint density at radius 3 is 2.62 bits per heavy atom. The third kappa shape index (κ3) is 4.20. The van der Waals surface area contributed by atoms with E-state index in [4.69, 9.17) is 4.98 Å². The van der Waals surface area contributed by atoms with Crippen molar-refractivity contribution in [2.24, 2.45) is 23.7 Å². The van der Waals surface area contributed by atoms with Gasteiger partial charge in [-0.05, 0) is 55.6 Å². The molecule has 0 spiro atoms. The molecular formula is C23H35N3. The van der Waals surface area contributed by atoms with Crippen molar-refractivity contribution < 1.29 is 0 Å². The van der Waals surface area contributed by atoms with Crippen molar-refractivity contribution in [3.8, 4) is 0 Å². The molecule has 3 unspecified atom stereocenters. The van der Waals surface area contributed by atoms with Crippen LogP contribution < -0.4 is 5.32 Å². The highest BCUT2D eigenvalue weighted by Gasteiger charge is 2.32. The first-order valence-corrected chi connectivity index (χ1v) is 10.2. The van der Waals surface area contributed by atoms with E-state index in [0.29, 0.717) is 23.8 Å². The van der Waals surface area contributed by atoms with Crippen molar-refractivity contribution in [3.63, 3.8) is 0 Å². The average Bonchev–Trinajstić information content (AvgIpc) is 2.98. The number of benzene rings is 1. The van der Waals surface area contributed by atoms with Crippen LogP contribution in [0.5, 0.6) is 0 Å². The lowest BCUT2D eigenvalue weighted by Crippen LogP contribution is -2.37. The Labute approximate surface area is 158 Å². The smallest absolute Gasteiger partial charge is 0.107 e. The third-order valence-electron chi connectivity index (χ3n) is 6.05. The number of nitrogens with zero attached hydrogens (tertiary/aromatic N) is 1. The molecule has 1 aromatic carbocycles. The standard InChI is InChI=1S/C23H35N3/c1-14(2)20-11-18(17(6)10-19(20)13-24-15(3)4)12-22-25-21-9-7-8-16(5)23(21)26-22/h7-10,14-15,18-20,24H,11-13H2,1-6H3,(H,25,26). The van der Waals surface area contributed by atoms with E-state index in [1.165, 1.54) is 17.6 Å². The van der Waals surface area contributed by atoms with Gasteiger partial charge in [-0.3, -0.25) is 0 Å². The zero-order valence-electron chi connectivity index (χ0n) is 17.3. The zero-order chi connectivity index (χ0) is 18.8. The van der Waals surface area contributed by atoms with Gasteiger partial charge >= 0.3 is 0 Å². The van der Waals surface area contributed by atoms with E-state index >= 15 is 0 Å². The fourth-order valence-electron chi connectivity index (χ4n) is 4.44. The number of hydrogen-bond acceptors (Lipinski definition) is 2. The molecule has 0 fully saturated rings.